The molecule has 0 aliphatic carbocycles. The summed E-state index contributed by atoms with van der Waals surface area (Å²) in [6, 6.07) is 6.40. The van der Waals surface area contributed by atoms with Crippen LogP contribution in [0.1, 0.15) is 24.8 Å². The average Bonchev–Trinajstić information content (AvgIpc) is 3.24. The largest absolute Gasteiger partial charge is 0.389 e. The van der Waals surface area contributed by atoms with E-state index in [1.54, 1.807) is 6.92 Å². The van der Waals surface area contributed by atoms with Crippen LogP contribution in [0.3, 0.4) is 0 Å². The Morgan fingerprint density at radius 2 is 1.90 bits per heavy atom. The van der Waals surface area contributed by atoms with Crippen LogP contribution in [0.5, 0.6) is 0 Å². The van der Waals surface area contributed by atoms with Crippen molar-refractivity contribution in [2.45, 2.75) is 31.4 Å². The lowest BCUT2D eigenvalue weighted by atomic mass is 9.91. The van der Waals surface area contributed by atoms with Crippen LogP contribution >= 0.6 is 0 Å². The summed E-state index contributed by atoms with van der Waals surface area (Å²) in [5, 5.41) is 15.1. The molecule has 0 saturated carbocycles. The Balaban J connectivity index is 1.70. The summed E-state index contributed by atoms with van der Waals surface area (Å²) in [5.74, 6) is -3.48. The van der Waals surface area contributed by atoms with Crippen molar-refractivity contribution in [2.24, 2.45) is 0 Å². The summed E-state index contributed by atoms with van der Waals surface area (Å²) in [4.78, 5) is 27.2. The first-order valence-corrected chi connectivity index (χ1v) is 9.76. The monoisotopic (exact) mass is 431 g/mol. The fraction of sp³-hybridized carbons (Fsp3) is 0.273. The number of aliphatic hydroxyl groups is 1. The van der Waals surface area contributed by atoms with E-state index in [0.717, 1.165) is 6.07 Å². The second-order valence-electron chi connectivity index (χ2n) is 7.69. The van der Waals surface area contributed by atoms with E-state index in [1.807, 2.05) is 0 Å². The first-order valence-electron chi connectivity index (χ1n) is 9.76. The van der Waals surface area contributed by atoms with E-state index < -0.39 is 47.3 Å². The van der Waals surface area contributed by atoms with Crippen molar-refractivity contribution in [3.05, 3.63) is 59.4 Å². The number of rotatable bonds is 5. The van der Waals surface area contributed by atoms with Crippen molar-refractivity contribution >= 4 is 22.7 Å². The predicted octanol–water partition coefficient (Wildman–Crippen LogP) is 2.72. The molecule has 6 nitrogen and oxygen atoms in total. The molecule has 4 rings (SSSR count). The molecular weight excluding hydrogens is 411 g/mol. The Kier molecular flexibility index (Phi) is 5.45. The number of hydrogen-bond acceptors (Lipinski definition) is 3. The molecule has 0 spiro atoms. The highest BCUT2D eigenvalue weighted by Gasteiger charge is 2.35. The molecule has 9 heteroatoms. The lowest BCUT2D eigenvalue weighted by Crippen LogP contribution is -2.45. The summed E-state index contributed by atoms with van der Waals surface area (Å²) < 4.78 is 41.8. The minimum atomic E-state index is -1.05. The molecule has 1 fully saturated rings. The van der Waals surface area contributed by atoms with E-state index in [1.165, 1.54) is 30.3 Å². The standard InChI is InChI=1S/C22H20F3N3O3/c1-10(6-17(30)27-21-16(29)9-26-22(21)31)18-14-7-13(24)8-15(25)20(14)28-19(18)11-2-4-12(23)5-3-11/h2-5,7-8,10,16,21,28-29H,6,9H2,1H3,(H,26,31)(H,27,30)/t10?,16-,21+/m1/s1. The number of H-pyrrole nitrogens is 1. The van der Waals surface area contributed by atoms with Crippen LogP contribution in [0.2, 0.25) is 0 Å². The molecule has 1 aliphatic rings. The number of aromatic nitrogens is 1. The number of hydrogen-bond donors (Lipinski definition) is 4. The van der Waals surface area contributed by atoms with Gasteiger partial charge < -0.3 is 20.7 Å². The van der Waals surface area contributed by atoms with E-state index in [-0.39, 0.29) is 23.9 Å². The molecule has 0 radical (unpaired) electrons. The summed E-state index contributed by atoms with van der Waals surface area (Å²) in [6.45, 7) is 1.76. The highest BCUT2D eigenvalue weighted by Crippen LogP contribution is 2.38. The Bertz CT molecular complexity index is 1160. The summed E-state index contributed by atoms with van der Waals surface area (Å²) in [7, 11) is 0. The van der Waals surface area contributed by atoms with Crippen LogP contribution in [-0.4, -0.2) is 40.6 Å². The van der Waals surface area contributed by atoms with Gasteiger partial charge in [-0.05, 0) is 47.4 Å². The zero-order valence-corrected chi connectivity index (χ0v) is 16.5. The van der Waals surface area contributed by atoms with E-state index >= 15 is 0 Å². The van der Waals surface area contributed by atoms with Crippen LogP contribution < -0.4 is 10.6 Å². The number of fused-ring (bicyclic) bond motifs is 1. The predicted molar refractivity (Wildman–Crippen MR) is 108 cm³/mol. The minimum Gasteiger partial charge on any atom is -0.389 e. The number of nitrogens with one attached hydrogen (secondary N) is 3. The smallest absolute Gasteiger partial charge is 0.245 e. The molecule has 1 saturated heterocycles. The van der Waals surface area contributed by atoms with Crippen LogP contribution in [-0.2, 0) is 9.59 Å². The zero-order chi connectivity index (χ0) is 22.3. The fourth-order valence-electron chi connectivity index (χ4n) is 3.98. The minimum absolute atomic E-state index is 0.0506. The van der Waals surface area contributed by atoms with Gasteiger partial charge in [0.25, 0.3) is 0 Å². The maximum absolute atomic E-state index is 14.4. The molecule has 2 heterocycles. The summed E-state index contributed by atoms with van der Waals surface area (Å²) in [6.07, 6.45) is -1.13. The van der Waals surface area contributed by atoms with Crippen molar-refractivity contribution in [3.8, 4) is 11.3 Å². The van der Waals surface area contributed by atoms with Crippen LogP contribution in [0, 0.1) is 17.5 Å². The SMILES string of the molecule is CC(CC(=O)N[C@@H]1C(=O)NC[C@H]1O)c1c(-c2ccc(F)cc2)[nH]c2c(F)cc(F)cc12. The third kappa shape index (κ3) is 4.00. The van der Waals surface area contributed by atoms with Gasteiger partial charge in [0.15, 0.2) is 0 Å². The number of aromatic amines is 1. The quantitative estimate of drug-likeness (QED) is 0.501. The molecule has 3 atom stereocenters. The second kappa shape index (κ2) is 8.07. The average molecular weight is 431 g/mol. The van der Waals surface area contributed by atoms with Crippen molar-refractivity contribution in [1.82, 2.24) is 15.6 Å². The van der Waals surface area contributed by atoms with Crippen molar-refractivity contribution < 1.29 is 27.9 Å². The molecule has 2 aromatic carbocycles. The molecule has 2 amide bonds. The van der Waals surface area contributed by atoms with Gasteiger partial charge in [0, 0.05) is 24.4 Å². The van der Waals surface area contributed by atoms with E-state index in [2.05, 4.69) is 15.6 Å². The Hall–Kier alpha value is -3.33. The number of halogens is 3. The number of benzene rings is 2. The van der Waals surface area contributed by atoms with Gasteiger partial charge in [-0.15, -0.1) is 0 Å². The molecule has 31 heavy (non-hydrogen) atoms. The number of carbonyl (C=O) groups is 2. The van der Waals surface area contributed by atoms with Gasteiger partial charge in [-0.1, -0.05) is 6.92 Å². The molecule has 0 bridgehead atoms. The van der Waals surface area contributed by atoms with Crippen molar-refractivity contribution in [2.75, 3.05) is 6.54 Å². The van der Waals surface area contributed by atoms with Crippen LogP contribution in [0.4, 0.5) is 13.2 Å². The number of aliphatic hydroxyl groups excluding tert-OH is 1. The van der Waals surface area contributed by atoms with Gasteiger partial charge in [-0.25, -0.2) is 13.2 Å². The third-order valence-electron chi connectivity index (χ3n) is 5.45. The maximum atomic E-state index is 14.4. The van der Waals surface area contributed by atoms with Crippen LogP contribution in [0.25, 0.3) is 22.2 Å². The Labute approximate surface area is 175 Å². The fourth-order valence-corrected chi connectivity index (χ4v) is 3.98. The van der Waals surface area contributed by atoms with Gasteiger partial charge in [0.1, 0.15) is 29.6 Å². The van der Waals surface area contributed by atoms with Crippen molar-refractivity contribution in [1.29, 1.82) is 0 Å². The summed E-state index contributed by atoms with van der Waals surface area (Å²) >= 11 is 0. The number of carbonyl (C=O) groups excluding carboxylic acids is 2. The van der Waals surface area contributed by atoms with E-state index in [0.29, 0.717) is 16.8 Å². The topological polar surface area (TPSA) is 94.2 Å². The highest BCUT2D eigenvalue weighted by molar-refractivity contribution is 5.93. The highest BCUT2D eigenvalue weighted by atomic mass is 19.1. The molecule has 1 unspecified atom stereocenters. The summed E-state index contributed by atoms with van der Waals surface area (Å²) in [5.41, 5.74) is 1.56. The first-order chi connectivity index (χ1) is 14.7. The number of amides is 2. The lowest BCUT2D eigenvalue weighted by Gasteiger charge is -2.17. The Morgan fingerprint density at radius 1 is 1.19 bits per heavy atom. The van der Waals surface area contributed by atoms with E-state index in [9.17, 15) is 27.9 Å². The van der Waals surface area contributed by atoms with E-state index in [4.69, 9.17) is 0 Å². The molecule has 4 N–H and O–H groups in total. The van der Waals surface area contributed by atoms with Gasteiger partial charge in [-0.3, -0.25) is 9.59 Å². The zero-order valence-electron chi connectivity index (χ0n) is 16.5. The van der Waals surface area contributed by atoms with Crippen LogP contribution in [0.15, 0.2) is 36.4 Å². The molecule has 1 aromatic heterocycles. The maximum Gasteiger partial charge on any atom is 0.245 e. The third-order valence-corrected chi connectivity index (χ3v) is 5.45. The first kappa shape index (κ1) is 20.9. The van der Waals surface area contributed by atoms with Gasteiger partial charge in [0.05, 0.1) is 11.2 Å². The normalized spacial score (nSPS) is 19.5. The lowest BCUT2D eigenvalue weighted by molar-refractivity contribution is -0.128. The molecule has 3 aromatic rings. The molecule has 1 aliphatic heterocycles. The Morgan fingerprint density at radius 3 is 2.55 bits per heavy atom. The molecular formula is C22H20F3N3O3. The second-order valence-corrected chi connectivity index (χ2v) is 7.69. The number of β-amino-alcohol motifs (C(OH)–C–C–N with tert-alkyl or cyclic N) is 1. The van der Waals surface area contributed by atoms with Crippen molar-refractivity contribution in [3.63, 3.8) is 0 Å². The molecule has 162 valence electrons. The van der Waals surface area contributed by atoms with Gasteiger partial charge >= 0.3 is 0 Å². The van der Waals surface area contributed by atoms with Gasteiger partial charge in [0.2, 0.25) is 11.8 Å². The van der Waals surface area contributed by atoms with Gasteiger partial charge in [-0.2, -0.15) is 0 Å².